The quantitative estimate of drug-likeness (QED) is 0.462. The van der Waals surface area contributed by atoms with Crippen LogP contribution in [0.25, 0.3) is 11.0 Å². The predicted molar refractivity (Wildman–Crippen MR) is 124 cm³/mol. The SMILES string of the molecule is Cc1nn(C)c2c1C(c1ccc(N3C=C(C(F)(F)F)CN3)cc1)N(c1ccc3nc[nH]c3c1)C2=O. The van der Waals surface area contributed by atoms with Crippen LogP contribution in [0, 0.1) is 6.92 Å². The first-order valence-electron chi connectivity index (χ1n) is 10.9. The lowest BCUT2D eigenvalue weighted by Gasteiger charge is -2.27. The van der Waals surface area contributed by atoms with Gasteiger partial charge in [-0.1, -0.05) is 12.1 Å². The summed E-state index contributed by atoms with van der Waals surface area (Å²) >= 11 is 0. The van der Waals surface area contributed by atoms with E-state index in [0.29, 0.717) is 17.1 Å². The van der Waals surface area contributed by atoms with Crippen LogP contribution in [0.3, 0.4) is 0 Å². The first-order chi connectivity index (χ1) is 16.7. The van der Waals surface area contributed by atoms with E-state index in [1.807, 2.05) is 37.3 Å². The maximum atomic E-state index is 13.6. The Hall–Kier alpha value is -4.12. The van der Waals surface area contributed by atoms with E-state index in [1.54, 1.807) is 35.1 Å². The average Bonchev–Trinajstić information content (AvgIpc) is 3.59. The van der Waals surface area contributed by atoms with Crippen molar-refractivity contribution in [1.82, 2.24) is 25.2 Å². The number of H-pyrrole nitrogens is 1. The van der Waals surface area contributed by atoms with Gasteiger partial charge >= 0.3 is 6.18 Å². The summed E-state index contributed by atoms with van der Waals surface area (Å²) in [6.45, 7) is 1.58. The molecule has 4 heterocycles. The van der Waals surface area contributed by atoms with Gasteiger partial charge in [0.1, 0.15) is 5.69 Å². The first kappa shape index (κ1) is 21.4. The lowest BCUT2D eigenvalue weighted by Crippen LogP contribution is -2.30. The van der Waals surface area contributed by atoms with Crippen molar-refractivity contribution in [3.8, 4) is 0 Å². The summed E-state index contributed by atoms with van der Waals surface area (Å²) < 4.78 is 40.7. The normalized spacial score (nSPS) is 18.0. The number of rotatable bonds is 3. The Kier molecular flexibility index (Phi) is 4.55. The van der Waals surface area contributed by atoms with Gasteiger partial charge in [-0.2, -0.15) is 18.3 Å². The smallest absolute Gasteiger partial charge is 0.345 e. The molecule has 0 spiro atoms. The molecule has 0 saturated heterocycles. The lowest BCUT2D eigenvalue weighted by molar-refractivity contribution is -0.0918. The van der Waals surface area contributed by atoms with Gasteiger partial charge < -0.3 is 4.98 Å². The maximum absolute atomic E-state index is 13.6. The number of hydrogen-bond donors (Lipinski definition) is 2. The Morgan fingerprint density at radius 3 is 2.54 bits per heavy atom. The Labute approximate surface area is 197 Å². The summed E-state index contributed by atoms with van der Waals surface area (Å²) in [5.74, 6) is -0.171. The van der Waals surface area contributed by atoms with E-state index < -0.39 is 17.8 Å². The number of aromatic amines is 1. The van der Waals surface area contributed by atoms with Crippen molar-refractivity contribution in [2.75, 3.05) is 16.5 Å². The van der Waals surface area contributed by atoms with Crippen LogP contribution in [0.4, 0.5) is 24.5 Å². The maximum Gasteiger partial charge on any atom is 0.415 e. The zero-order chi connectivity index (χ0) is 24.5. The van der Waals surface area contributed by atoms with E-state index in [4.69, 9.17) is 0 Å². The van der Waals surface area contributed by atoms with E-state index >= 15 is 0 Å². The number of anilines is 2. The molecule has 1 unspecified atom stereocenters. The zero-order valence-electron chi connectivity index (χ0n) is 18.8. The number of nitrogens with zero attached hydrogens (tertiary/aromatic N) is 5. The van der Waals surface area contributed by atoms with Crippen molar-refractivity contribution in [1.29, 1.82) is 0 Å². The van der Waals surface area contributed by atoms with Crippen LogP contribution in [0.2, 0.25) is 0 Å². The second-order valence-electron chi connectivity index (χ2n) is 8.60. The standard InChI is InChI=1S/C24H20F3N7O/c1-13-20-21(14-3-5-16(6-4-14)33-11-15(10-30-33)24(25,26)27)34(23(35)22(20)32(2)31-13)17-7-8-18-19(9-17)29-12-28-18/h3-9,11-12,21,30H,10H2,1-2H3,(H,28,29). The van der Waals surface area contributed by atoms with Gasteiger partial charge in [0.25, 0.3) is 5.91 Å². The molecular weight excluding hydrogens is 459 g/mol. The van der Waals surface area contributed by atoms with Gasteiger partial charge in [-0.15, -0.1) is 0 Å². The van der Waals surface area contributed by atoms with Crippen molar-refractivity contribution in [2.45, 2.75) is 19.1 Å². The van der Waals surface area contributed by atoms with Gasteiger partial charge in [0.15, 0.2) is 0 Å². The summed E-state index contributed by atoms with van der Waals surface area (Å²) in [7, 11) is 1.75. The zero-order valence-corrected chi connectivity index (χ0v) is 18.8. The number of alkyl halides is 3. The van der Waals surface area contributed by atoms with E-state index in [0.717, 1.165) is 34.1 Å². The molecule has 0 aliphatic carbocycles. The topological polar surface area (TPSA) is 82.1 Å². The van der Waals surface area contributed by atoms with E-state index in [1.165, 1.54) is 5.01 Å². The summed E-state index contributed by atoms with van der Waals surface area (Å²) in [4.78, 5) is 22.7. The number of aromatic nitrogens is 4. The van der Waals surface area contributed by atoms with Crippen LogP contribution in [0.1, 0.15) is 33.4 Å². The third kappa shape index (κ3) is 3.30. The van der Waals surface area contributed by atoms with Crippen molar-refractivity contribution < 1.29 is 18.0 Å². The summed E-state index contributed by atoms with van der Waals surface area (Å²) in [5.41, 5.74) is 7.85. The number of fused-ring (bicyclic) bond motifs is 2. The van der Waals surface area contributed by atoms with Gasteiger partial charge in [0, 0.05) is 31.0 Å². The van der Waals surface area contributed by atoms with E-state index in [2.05, 4.69) is 20.5 Å². The number of halogens is 3. The molecule has 0 saturated carbocycles. The first-order valence-corrected chi connectivity index (χ1v) is 10.9. The average molecular weight is 479 g/mol. The van der Waals surface area contributed by atoms with Crippen LogP contribution >= 0.6 is 0 Å². The molecule has 0 bridgehead atoms. The fraction of sp³-hybridized carbons (Fsp3) is 0.208. The summed E-state index contributed by atoms with van der Waals surface area (Å²) in [5, 5.41) is 5.82. The molecule has 2 aromatic carbocycles. The molecule has 35 heavy (non-hydrogen) atoms. The Morgan fingerprint density at radius 1 is 1.09 bits per heavy atom. The highest BCUT2D eigenvalue weighted by Crippen LogP contribution is 2.43. The Balaban J connectivity index is 1.41. The van der Waals surface area contributed by atoms with Crippen LogP contribution < -0.4 is 15.3 Å². The minimum atomic E-state index is -4.38. The second-order valence-corrected chi connectivity index (χ2v) is 8.60. The molecule has 8 nitrogen and oxygen atoms in total. The van der Waals surface area contributed by atoms with E-state index in [9.17, 15) is 18.0 Å². The Morgan fingerprint density at radius 2 is 1.83 bits per heavy atom. The molecule has 2 aromatic heterocycles. The van der Waals surface area contributed by atoms with Crippen molar-refractivity contribution in [3.05, 3.63) is 83.1 Å². The highest BCUT2D eigenvalue weighted by atomic mass is 19.4. The molecule has 1 atom stereocenters. The molecule has 11 heteroatoms. The summed E-state index contributed by atoms with van der Waals surface area (Å²) in [6, 6.07) is 12.3. The third-order valence-corrected chi connectivity index (χ3v) is 6.48. The largest absolute Gasteiger partial charge is 0.415 e. The number of carbonyl (C=O) groups excluding carboxylic acids is 1. The second kappa shape index (κ2) is 7.44. The van der Waals surface area contributed by atoms with Gasteiger partial charge in [0.2, 0.25) is 0 Å². The van der Waals surface area contributed by atoms with Gasteiger partial charge in [-0.3, -0.25) is 19.4 Å². The van der Waals surface area contributed by atoms with Crippen molar-refractivity contribution >= 4 is 28.3 Å². The van der Waals surface area contributed by atoms with Gasteiger partial charge in [-0.25, -0.2) is 10.4 Å². The molecule has 0 fully saturated rings. The number of imidazole rings is 1. The van der Waals surface area contributed by atoms with Crippen molar-refractivity contribution in [3.63, 3.8) is 0 Å². The molecule has 2 aliphatic rings. The lowest BCUT2D eigenvalue weighted by atomic mass is 9.98. The number of amides is 1. The fourth-order valence-electron chi connectivity index (χ4n) is 4.85. The molecular formula is C24H20F3N7O. The van der Waals surface area contributed by atoms with Gasteiger partial charge in [0.05, 0.1) is 40.4 Å². The van der Waals surface area contributed by atoms with Crippen LogP contribution in [-0.2, 0) is 7.05 Å². The molecule has 178 valence electrons. The number of aryl methyl sites for hydroxylation is 2. The molecule has 4 aromatic rings. The molecule has 0 radical (unpaired) electrons. The van der Waals surface area contributed by atoms with E-state index in [-0.39, 0.29) is 12.5 Å². The monoisotopic (exact) mass is 479 g/mol. The van der Waals surface area contributed by atoms with Crippen LogP contribution in [0.15, 0.2) is 60.6 Å². The molecule has 6 rings (SSSR count). The molecule has 2 aliphatic heterocycles. The minimum absolute atomic E-state index is 0.171. The highest BCUT2D eigenvalue weighted by Gasteiger charge is 2.43. The number of carbonyl (C=O) groups is 1. The highest BCUT2D eigenvalue weighted by molar-refractivity contribution is 6.11. The summed E-state index contributed by atoms with van der Waals surface area (Å²) in [6.07, 6.45) is -1.72. The van der Waals surface area contributed by atoms with Crippen LogP contribution in [0.5, 0.6) is 0 Å². The number of hydrogen-bond acceptors (Lipinski definition) is 5. The molecule has 1 amide bonds. The fourth-order valence-corrected chi connectivity index (χ4v) is 4.85. The minimum Gasteiger partial charge on any atom is -0.345 e. The number of hydrazine groups is 1. The number of nitrogens with one attached hydrogen (secondary N) is 2. The van der Waals surface area contributed by atoms with Crippen LogP contribution in [-0.4, -0.2) is 38.4 Å². The predicted octanol–water partition coefficient (Wildman–Crippen LogP) is 4.13. The van der Waals surface area contributed by atoms with Gasteiger partial charge in [-0.05, 0) is 42.8 Å². The Bertz CT molecular complexity index is 1500. The third-order valence-electron chi connectivity index (χ3n) is 6.48. The van der Waals surface area contributed by atoms with Crippen molar-refractivity contribution in [2.24, 2.45) is 7.05 Å². The molecule has 2 N–H and O–H groups in total. The number of benzene rings is 2.